The van der Waals surface area contributed by atoms with Gasteiger partial charge >= 0.3 is 6.18 Å². The van der Waals surface area contributed by atoms with Crippen molar-refractivity contribution < 1.29 is 17.6 Å². The van der Waals surface area contributed by atoms with Crippen LogP contribution in [0.15, 0.2) is 34.7 Å². The van der Waals surface area contributed by atoms with E-state index < -0.39 is 11.7 Å². The van der Waals surface area contributed by atoms with Gasteiger partial charge in [-0.2, -0.15) is 18.3 Å². The molecule has 0 aliphatic heterocycles. The molecule has 0 saturated heterocycles. The molecule has 4 nitrogen and oxygen atoms in total. The van der Waals surface area contributed by atoms with Crippen LogP contribution in [0.2, 0.25) is 0 Å². The number of alkyl halides is 3. The number of aromatic nitrogens is 2. The highest BCUT2D eigenvalue weighted by molar-refractivity contribution is 5.83. The van der Waals surface area contributed by atoms with Gasteiger partial charge in [-0.15, -0.1) is 0 Å². The lowest BCUT2D eigenvalue weighted by molar-refractivity contribution is -0.137. The Labute approximate surface area is 111 Å². The van der Waals surface area contributed by atoms with Crippen LogP contribution in [0.3, 0.4) is 0 Å². The van der Waals surface area contributed by atoms with E-state index in [1.54, 1.807) is 19.2 Å². The van der Waals surface area contributed by atoms with Crippen molar-refractivity contribution in [2.75, 3.05) is 5.73 Å². The molecule has 7 heteroatoms. The van der Waals surface area contributed by atoms with Crippen molar-refractivity contribution in [2.45, 2.75) is 6.18 Å². The molecule has 0 fully saturated rings. The zero-order valence-corrected chi connectivity index (χ0v) is 10.4. The maximum Gasteiger partial charge on any atom is 0.416 e. The second kappa shape index (κ2) is 4.03. The molecule has 0 bridgehead atoms. The minimum Gasteiger partial charge on any atom is -0.454 e. The van der Waals surface area contributed by atoms with Crippen molar-refractivity contribution >= 4 is 16.8 Å². The number of fused-ring (bicyclic) bond motifs is 1. The molecule has 2 heterocycles. The number of rotatable bonds is 1. The van der Waals surface area contributed by atoms with Gasteiger partial charge in [0.1, 0.15) is 17.1 Å². The molecule has 0 radical (unpaired) electrons. The third-order valence-electron chi connectivity index (χ3n) is 3.00. The van der Waals surface area contributed by atoms with E-state index in [1.807, 2.05) is 0 Å². The number of hydrogen-bond donors (Lipinski definition) is 1. The summed E-state index contributed by atoms with van der Waals surface area (Å²) in [6, 6.07) is 6.65. The van der Waals surface area contributed by atoms with Gasteiger partial charge in [0.2, 0.25) is 0 Å². The first-order valence-corrected chi connectivity index (χ1v) is 5.75. The van der Waals surface area contributed by atoms with Crippen LogP contribution in [-0.4, -0.2) is 9.78 Å². The summed E-state index contributed by atoms with van der Waals surface area (Å²) in [5, 5.41) is 4.56. The molecule has 0 aliphatic carbocycles. The topological polar surface area (TPSA) is 57.0 Å². The van der Waals surface area contributed by atoms with Crippen molar-refractivity contribution in [3.8, 4) is 11.5 Å². The summed E-state index contributed by atoms with van der Waals surface area (Å²) in [7, 11) is 1.68. The Kier molecular flexibility index (Phi) is 2.53. The van der Waals surface area contributed by atoms with Crippen LogP contribution in [0.1, 0.15) is 5.56 Å². The Morgan fingerprint density at radius 3 is 2.55 bits per heavy atom. The van der Waals surface area contributed by atoms with Crippen LogP contribution < -0.4 is 5.73 Å². The van der Waals surface area contributed by atoms with Crippen molar-refractivity contribution in [3.63, 3.8) is 0 Å². The average Bonchev–Trinajstić information content (AvgIpc) is 2.89. The number of hydrogen-bond acceptors (Lipinski definition) is 3. The molecule has 2 aromatic heterocycles. The molecular formula is C13H10F3N3O. The van der Waals surface area contributed by atoms with Gasteiger partial charge in [-0.3, -0.25) is 4.68 Å². The molecule has 104 valence electrons. The number of anilines is 1. The Morgan fingerprint density at radius 1 is 1.20 bits per heavy atom. The van der Waals surface area contributed by atoms with E-state index in [4.69, 9.17) is 10.2 Å². The van der Waals surface area contributed by atoms with Crippen LogP contribution >= 0.6 is 0 Å². The summed E-state index contributed by atoms with van der Waals surface area (Å²) in [5.41, 5.74) is 5.61. The van der Waals surface area contributed by atoms with Gasteiger partial charge in [-0.1, -0.05) is 6.07 Å². The number of furan rings is 1. The predicted molar refractivity (Wildman–Crippen MR) is 67.8 cm³/mol. The van der Waals surface area contributed by atoms with Crippen LogP contribution in [0.4, 0.5) is 19.0 Å². The maximum absolute atomic E-state index is 12.6. The molecule has 0 unspecified atom stereocenters. The Bertz CT molecular complexity index is 786. The molecule has 3 rings (SSSR count). The van der Waals surface area contributed by atoms with E-state index in [9.17, 15) is 13.2 Å². The first-order chi connectivity index (χ1) is 9.34. The first-order valence-electron chi connectivity index (χ1n) is 5.75. The monoisotopic (exact) mass is 281 g/mol. The molecule has 0 spiro atoms. The Morgan fingerprint density at radius 2 is 1.95 bits per heavy atom. The smallest absolute Gasteiger partial charge is 0.416 e. The predicted octanol–water partition coefficient (Wildman–Crippen LogP) is 3.43. The zero-order valence-electron chi connectivity index (χ0n) is 10.4. The molecule has 3 aromatic rings. The molecule has 0 saturated carbocycles. The minimum absolute atomic E-state index is 0.176. The first kappa shape index (κ1) is 12.6. The Hall–Kier alpha value is -2.44. The van der Waals surface area contributed by atoms with Gasteiger partial charge in [-0.05, 0) is 18.2 Å². The fourth-order valence-corrected chi connectivity index (χ4v) is 2.05. The number of halogens is 3. The number of benzene rings is 1. The van der Waals surface area contributed by atoms with Crippen LogP contribution in [0.5, 0.6) is 0 Å². The number of aryl methyl sites for hydroxylation is 1. The van der Waals surface area contributed by atoms with Crippen molar-refractivity contribution in [1.29, 1.82) is 0 Å². The van der Waals surface area contributed by atoms with Crippen molar-refractivity contribution in [2.24, 2.45) is 7.05 Å². The van der Waals surface area contributed by atoms with Crippen LogP contribution in [0, 0.1) is 0 Å². The summed E-state index contributed by atoms with van der Waals surface area (Å²) in [6.07, 6.45) is -4.39. The highest BCUT2D eigenvalue weighted by Gasteiger charge is 2.31. The summed E-state index contributed by atoms with van der Waals surface area (Å²) in [6.45, 7) is 0. The fourth-order valence-electron chi connectivity index (χ4n) is 2.05. The molecule has 0 aliphatic rings. The van der Waals surface area contributed by atoms with E-state index in [2.05, 4.69) is 5.10 Å². The standard InChI is InChI=1S/C13H10F3N3O/c1-19-9(6-12(17)18-19)11-4-7-2-3-8(13(14,15)16)5-10(7)20-11/h2-6H,1H3,(H2,17,18). The summed E-state index contributed by atoms with van der Waals surface area (Å²) >= 11 is 0. The lowest BCUT2D eigenvalue weighted by Gasteiger charge is -2.04. The van der Waals surface area contributed by atoms with Crippen LogP contribution in [0.25, 0.3) is 22.4 Å². The molecular weight excluding hydrogens is 271 g/mol. The largest absolute Gasteiger partial charge is 0.454 e. The van der Waals surface area contributed by atoms with Gasteiger partial charge < -0.3 is 10.2 Å². The minimum atomic E-state index is -4.39. The number of nitrogen functional groups attached to an aromatic ring is 1. The van der Waals surface area contributed by atoms with Gasteiger partial charge in [0.15, 0.2) is 5.76 Å². The average molecular weight is 281 g/mol. The summed E-state index contributed by atoms with van der Waals surface area (Å²) < 4.78 is 44.9. The number of nitrogens with two attached hydrogens (primary N) is 1. The Balaban J connectivity index is 2.14. The second-order valence-corrected chi connectivity index (χ2v) is 4.44. The van der Waals surface area contributed by atoms with Gasteiger partial charge in [0.25, 0.3) is 0 Å². The van der Waals surface area contributed by atoms with Crippen molar-refractivity contribution in [3.05, 3.63) is 35.9 Å². The van der Waals surface area contributed by atoms with E-state index in [0.29, 0.717) is 22.7 Å². The third-order valence-corrected chi connectivity index (χ3v) is 3.00. The second-order valence-electron chi connectivity index (χ2n) is 4.44. The SMILES string of the molecule is Cn1nc(N)cc1-c1cc2ccc(C(F)(F)F)cc2o1. The van der Waals surface area contributed by atoms with E-state index in [0.717, 1.165) is 12.1 Å². The highest BCUT2D eigenvalue weighted by Crippen LogP contribution is 2.34. The van der Waals surface area contributed by atoms with Crippen LogP contribution in [-0.2, 0) is 13.2 Å². The molecule has 2 N–H and O–H groups in total. The van der Waals surface area contributed by atoms with E-state index in [1.165, 1.54) is 10.7 Å². The van der Waals surface area contributed by atoms with Crippen molar-refractivity contribution in [1.82, 2.24) is 9.78 Å². The summed E-state index contributed by atoms with van der Waals surface area (Å²) in [4.78, 5) is 0. The molecule has 0 amide bonds. The lowest BCUT2D eigenvalue weighted by atomic mass is 10.1. The highest BCUT2D eigenvalue weighted by atomic mass is 19.4. The molecule has 20 heavy (non-hydrogen) atoms. The van der Waals surface area contributed by atoms with E-state index in [-0.39, 0.29) is 5.58 Å². The third kappa shape index (κ3) is 2.01. The quantitative estimate of drug-likeness (QED) is 0.743. The molecule has 0 atom stereocenters. The lowest BCUT2D eigenvalue weighted by Crippen LogP contribution is -2.03. The normalized spacial score (nSPS) is 12.2. The van der Waals surface area contributed by atoms with Gasteiger partial charge in [-0.25, -0.2) is 0 Å². The van der Waals surface area contributed by atoms with Gasteiger partial charge in [0.05, 0.1) is 5.56 Å². The van der Waals surface area contributed by atoms with E-state index >= 15 is 0 Å². The summed E-state index contributed by atoms with van der Waals surface area (Å²) in [5.74, 6) is 0.741. The number of nitrogens with zero attached hydrogens (tertiary/aromatic N) is 2. The van der Waals surface area contributed by atoms with Gasteiger partial charge in [0, 0.05) is 18.5 Å². The molecule has 1 aromatic carbocycles. The fraction of sp³-hybridized carbons (Fsp3) is 0.154. The zero-order chi connectivity index (χ0) is 14.5. The maximum atomic E-state index is 12.6.